The first-order valence-corrected chi connectivity index (χ1v) is 5.07. The van der Waals surface area contributed by atoms with Gasteiger partial charge in [0.1, 0.15) is 6.54 Å². The standard InChI is InChI=1S/C10H12F3N3O2/c11-10(12,13)3-4-15-8(17)6-16-5-7(14)1-2-9(16)18/h1-2,5H,3-4,6,14H2,(H,15,17). The number of hydrogen-bond acceptors (Lipinski definition) is 3. The zero-order chi connectivity index (χ0) is 13.8. The molecule has 100 valence electrons. The molecule has 0 unspecified atom stereocenters. The molecule has 1 aromatic heterocycles. The second-order valence-electron chi connectivity index (χ2n) is 3.64. The van der Waals surface area contributed by atoms with Crippen LogP contribution >= 0.6 is 0 Å². The lowest BCUT2D eigenvalue weighted by molar-refractivity contribution is -0.135. The Morgan fingerprint density at radius 1 is 1.39 bits per heavy atom. The van der Waals surface area contributed by atoms with Crippen LogP contribution in [0.15, 0.2) is 23.1 Å². The molecule has 8 heteroatoms. The summed E-state index contributed by atoms with van der Waals surface area (Å²) in [5.74, 6) is -0.674. The monoisotopic (exact) mass is 263 g/mol. The van der Waals surface area contributed by atoms with E-state index in [2.05, 4.69) is 5.32 Å². The highest BCUT2D eigenvalue weighted by Gasteiger charge is 2.26. The molecule has 1 heterocycles. The molecule has 0 fully saturated rings. The SMILES string of the molecule is Nc1ccc(=O)n(CC(=O)NCCC(F)(F)F)c1. The van der Waals surface area contributed by atoms with E-state index in [9.17, 15) is 22.8 Å². The van der Waals surface area contributed by atoms with Crippen LogP contribution in [0.5, 0.6) is 0 Å². The van der Waals surface area contributed by atoms with Crippen molar-refractivity contribution in [2.45, 2.75) is 19.1 Å². The average Bonchev–Trinajstić information content (AvgIpc) is 2.21. The van der Waals surface area contributed by atoms with Crippen LogP contribution in [0.25, 0.3) is 0 Å². The van der Waals surface area contributed by atoms with Gasteiger partial charge in [-0.1, -0.05) is 0 Å². The third-order valence-electron chi connectivity index (χ3n) is 2.05. The fourth-order valence-electron chi connectivity index (χ4n) is 1.23. The Labute approximate surface area is 100 Å². The lowest BCUT2D eigenvalue weighted by atomic mass is 10.4. The van der Waals surface area contributed by atoms with Crippen LogP contribution in [0.1, 0.15) is 6.42 Å². The number of anilines is 1. The van der Waals surface area contributed by atoms with Crippen molar-refractivity contribution in [3.8, 4) is 0 Å². The molecule has 5 nitrogen and oxygen atoms in total. The minimum absolute atomic E-state index is 0.290. The molecule has 18 heavy (non-hydrogen) atoms. The van der Waals surface area contributed by atoms with Crippen molar-refractivity contribution in [3.63, 3.8) is 0 Å². The van der Waals surface area contributed by atoms with Crippen molar-refractivity contribution in [2.75, 3.05) is 12.3 Å². The summed E-state index contributed by atoms with van der Waals surface area (Å²) in [4.78, 5) is 22.6. The third-order valence-corrected chi connectivity index (χ3v) is 2.05. The zero-order valence-electron chi connectivity index (χ0n) is 9.33. The van der Waals surface area contributed by atoms with Crippen LogP contribution in [0, 0.1) is 0 Å². The number of amides is 1. The van der Waals surface area contributed by atoms with Crippen molar-refractivity contribution in [1.29, 1.82) is 0 Å². The van der Waals surface area contributed by atoms with E-state index in [-0.39, 0.29) is 12.2 Å². The maximum absolute atomic E-state index is 11.8. The largest absolute Gasteiger partial charge is 0.398 e. The normalized spacial score (nSPS) is 11.3. The number of alkyl halides is 3. The second kappa shape index (κ2) is 5.56. The van der Waals surface area contributed by atoms with Crippen LogP contribution in [-0.2, 0) is 11.3 Å². The maximum atomic E-state index is 11.8. The van der Waals surface area contributed by atoms with E-state index in [0.29, 0.717) is 0 Å². The molecule has 0 aliphatic carbocycles. The molecule has 0 aromatic carbocycles. The number of halogens is 3. The molecule has 0 radical (unpaired) electrons. The first-order valence-electron chi connectivity index (χ1n) is 5.07. The molecule has 3 N–H and O–H groups in total. The van der Waals surface area contributed by atoms with Gasteiger partial charge in [0.2, 0.25) is 5.91 Å². The molecule has 0 aliphatic rings. The molecule has 0 aliphatic heterocycles. The number of nitrogens with two attached hydrogens (primary N) is 1. The molecule has 0 saturated carbocycles. The minimum Gasteiger partial charge on any atom is -0.398 e. The topological polar surface area (TPSA) is 77.1 Å². The second-order valence-corrected chi connectivity index (χ2v) is 3.64. The lowest BCUT2D eigenvalue weighted by Gasteiger charge is -2.09. The average molecular weight is 263 g/mol. The number of nitrogen functional groups attached to an aromatic ring is 1. The summed E-state index contributed by atoms with van der Waals surface area (Å²) in [6.45, 7) is -0.874. The highest BCUT2D eigenvalue weighted by Crippen LogP contribution is 2.17. The zero-order valence-corrected chi connectivity index (χ0v) is 9.33. The predicted molar refractivity (Wildman–Crippen MR) is 58.8 cm³/mol. The molecule has 0 spiro atoms. The van der Waals surface area contributed by atoms with E-state index in [1.165, 1.54) is 18.3 Å². The number of carbonyl (C=O) groups is 1. The summed E-state index contributed by atoms with van der Waals surface area (Å²) in [5, 5.41) is 2.07. The quantitative estimate of drug-likeness (QED) is 0.830. The Morgan fingerprint density at radius 2 is 2.06 bits per heavy atom. The van der Waals surface area contributed by atoms with E-state index in [1.54, 1.807) is 0 Å². The Bertz CT molecular complexity index is 482. The van der Waals surface area contributed by atoms with Gasteiger partial charge < -0.3 is 15.6 Å². The highest BCUT2D eigenvalue weighted by atomic mass is 19.4. The molecule has 1 amide bonds. The number of nitrogens with one attached hydrogen (secondary N) is 1. The molecule has 1 rings (SSSR count). The summed E-state index contributed by atoms with van der Waals surface area (Å²) >= 11 is 0. The summed E-state index contributed by atoms with van der Waals surface area (Å²) in [6.07, 6.45) is -4.17. The van der Waals surface area contributed by atoms with Gasteiger partial charge in [0.25, 0.3) is 5.56 Å². The van der Waals surface area contributed by atoms with E-state index < -0.39 is 30.6 Å². The molecular formula is C10H12F3N3O2. The van der Waals surface area contributed by atoms with Gasteiger partial charge in [-0.2, -0.15) is 13.2 Å². The number of hydrogen-bond donors (Lipinski definition) is 2. The summed E-state index contributed by atoms with van der Waals surface area (Å²) in [7, 11) is 0. The Kier molecular flexibility index (Phi) is 4.35. The number of nitrogens with zero attached hydrogens (tertiary/aromatic N) is 1. The van der Waals surface area contributed by atoms with Crippen LogP contribution in [0.2, 0.25) is 0 Å². The van der Waals surface area contributed by atoms with Crippen molar-refractivity contribution in [3.05, 3.63) is 28.7 Å². The van der Waals surface area contributed by atoms with Gasteiger partial charge >= 0.3 is 6.18 Å². The first-order chi connectivity index (χ1) is 8.28. The Hall–Kier alpha value is -1.99. The van der Waals surface area contributed by atoms with Gasteiger partial charge in [0.15, 0.2) is 0 Å². The smallest absolute Gasteiger partial charge is 0.390 e. The van der Waals surface area contributed by atoms with E-state index in [0.717, 1.165) is 4.57 Å². The summed E-state index contributed by atoms with van der Waals surface area (Å²) in [6, 6.07) is 2.55. The van der Waals surface area contributed by atoms with E-state index in [1.807, 2.05) is 0 Å². The molecule has 0 saturated heterocycles. The number of rotatable bonds is 4. The summed E-state index contributed by atoms with van der Waals surface area (Å²) < 4.78 is 36.5. The number of pyridine rings is 1. The minimum atomic E-state index is -4.32. The van der Waals surface area contributed by atoms with Gasteiger partial charge in [0, 0.05) is 24.5 Å². The fourth-order valence-corrected chi connectivity index (χ4v) is 1.23. The molecule has 0 atom stereocenters. The number of aromatic nitrogens is 1. The van der Waals surface area contributed by atoms with Crippen LogP contribution < -0.4 is 16.6 Å². The number of carbonyl (C=O) groups excluding carboxylic acids is 1. The van der Waals surface area contributed by atoms with Crippen LogP contribution in [0.3, 0.4) is 0 Å². The fraction of sp³-hybridized carbons (Fsp3) is 0.400. The molecule has 0 bridgehead atoms. The lowest BCUT2D eigenvalue weighted by Crippen LogP contribution is -2.33. The van der Waals surface area contributed by atoms with Crippen molar-refractivity contribution >= 4 is 11.6 Å². The van der Waals surface area contributed by atoms with Gasteiger partial charge in [-0.25, -0.2) is 0 Å². The van der Waals surface area contributed by atoms with Crippen molar-refractivity contribution in [2.24, 2.45) is 0 Å². The van der Waals surface area contributed by atoms with Crippen molar-refractivity contribution < 1.29 is 18.0 Å². The van der Waals surface area contributed by atoms with Gasteiger partial charge in [0.05, 0.1) is 6.42 Å². The van der Waals surface area contributed by atoms with Crippen LogP contribution in [0.4, 0.5) is 18.9 Å². The Morgan fingerprint density at radius 3 is 2.67 bits per heavy atom. The molecule has 1 aromatic rings. The first kappa shape index (κ1) is 14.1. The maximum Gasteiger partial charge on any atom is 0.390 e. The van der Waals surface area contributed by atoms with E-state index in [4.69, 9.17) is 5.73 Å². The predicted octanol–water partition coefficient (Wildman–Crippen LogP) is 0.499. The van der Waals surface area contributed by atoms with Crippen molar-refractivity contribution in [1.82, 2.24) is 9.88 Å². The van der Waals surface area contributed by atoms with Gasteiger partial charge in [-0.3, -0.25) is 9.59 Å². The van der Waals surface area contributed by atoms with Crippen LogP contribution in [-0.4, -0.2) is 23.2 Å². The summed E-state index contributed by atoms with van der Waals surface area (Å²) in [5.41, 5.74) is 5.26. The van der Waals surface area contributed by atoms with Gasteiger partial charge in [-0.15, -0.1) is 0 Å². The molecular weight excluding hydrogens is 251 g/mol. The van der Waals surface area contributed by atoms with E-state index >= 15 is 0 Å². The van der Waals surface area contributed by atoms with Gasteiger partial charge in [-0.05, 0) is 6.07 Å². The Balaban J connectivity index is 2.50. The third kappa shape index (κ3) is 4.89. The highest BCUT2D eigenvalue weighted by molar-refractivity contribution is 5.75.